The van der Waals surface area contributed by atoms with Crippen LogP contribution in [-0.2, 0) is 4.79 Å². The van der Waals surface area contributed by atoms with Gasteiger partial charge in [-0.2, -0.15) is 5.26 Å². The van der Waals surface area contributed by atoms with Crippen molar-refractivity contribution in [2.24, 2.45) is 0 Å². The van der Waals surface area contributed by atoms with E-state index in [0.717, 1.165) is 12.8 Å². The van der Waals surface area contributed by atoms with Crippen LogP contribution >= 0.6 is 0 Å². The van der Waals surface area contributed by atoms with Crippen molar-refractivity contribution in [1.29, 1.82) is 5.26 Å². The Hall–Kier alpha value is -1.28. The number of nitrogens with zero attached hydrogens (tertiary/aromatic N) is 1. The Morgan fingerprint density at radius 1 is 1.25 bits per heavy atom. The number of carbonyl (C=O) groups is 1. The van der Waals surface area contributed by atoms with E-state index in [0.29, 0.717) is 19.3 Å². The van der Waals surface area contributed by atoms with Crippen molar-refractivity contribution in [1.82, 2.24) is 0 Å². The lowest BCUT2D eigenvalue weighted by Gasteiger charge is -1.85. The molecule has 0 aliphatic heterocycles. The Kier molecular flexibility index (Phi) is 6.99. The highest BCUT2D eigenvalue weighted by atomic mass is 16.1. The minimum atomic E-state index is 0.182. The molecule has 0 aliphatic carbocycles. The second kappa shape index (κ2) is 7.82. The highest BCUT2D eigenvalue weighted by Crippen LogP contribution is 1.92. The second-order valence-electron chi connectivity index (χ2n) is 2.57. The molecule has 0 bridgehead atoms. The van der Waals surface area contributed by atoms with Crippen LogP contribution < -0.4 is 0 Å². The van der Waals surface area contributed by atoms with Crippen LogP contribution in [0.25, 0.3) is 0 Å². The van der Waals surface area contributed by atoms with Crippen molar-refractivity contribution in [2.75, 3.05) is 0 Å². The molecule has 0 saturated carbocycles. The molecule has 0 heterocycles. The predicted molar refractivity (Wildman–Crippen MR) is 47.2 cm³/mol. The van der Waals surface area contributed by atoms with Gasteiger partial charge in [0.05, 0.1) is 6.07 Å². The number of carbonyl (C=O) groups excluding carboxylic acids is 1. The summed E-state index contributed by atoms with van der Waals surface area (Å²) in [6, 6.07) is 2.05. The van der Waals surface area contributed by atoms with Gasteiger partial charge in [0.1, 0.15) is 5.78 Å². The van der Waals surface area contributed by atoms with Gasteiger partial charge >= 0.3 is 0 Å². The molecule has 0 radical (unpaired) electrons. The van der Waals surface area contributed by atoms with Crippen LogP contribution in [0.4, 0.5) is 0 Å². The Labute approximate surface area is 73.6 Å². The number of rotatable bonds is 4. The van der Waals surface area contributed by atoms with Gasteiger partial charge in [-0.1, -0.05) is 0 Å². The first-order valence-electron chi connectivity index (χ1n) is 4.09. The van der Waals surface area contributed by atoms with E-state index in [2.05, 4.69) is 17.9 Å². The molecule has 0 unspecified atom stereocenters. The normalized spacial score (nSPS) is 8.00. The molecule has 0 saturated heterocycles. The van der Waals surface area contributed by atoms with Crippen molar-refractivity contribution in [3.63, 3.8) is 0 Å². The highest BCUT2D eigenvalue weighted by molar-refractivity contribution is 5.75. The molecular weight excluding hydrogens is 150 g/mol. The van der Waals surface area contributed by atoms with Gasteiger partial charge in [-0.25, -0.2) is 0 Å². The lowest BCUT2D eigenvalue weighted by Crippen LogP contribution is -1.86. The molecule has 12 heavy (non-hydrogen) atoms. The third kappa shape index (κ3) is 8.72. The molecule has 2 nitrogen and oxygen atoms in total. The molecular formula is C10H13NO. The van der Waals surface area contributed by atoms with E-state index in [-0.39, 0.29) is 5.78 Å². The van der Waals surface area contributed by atoms with E-state index in [9.17, 15) is 4.79 Å². The van der Waals surface area contributed by atoms with Crippen molar-refractivity contribution in [2.45, 2.75) is 39.0 Å². The fourth-order valence-corrected chi connectivity index (χ4v) is 0.671. The Morgan fingerprint density at radius 3 is 2.50 bits per heavy atom. The molecule has 0 amide bonds. The van der Waals surface area contributed by atoms with Crippen LogP contribution in [0.2, 0.25) is 0 Å². The van der Waals surface area contributed by atoms with Crippen molar-refractivity contribution >= 4 is 5.78 Å². The maximum absolute atomic E-state index is 10.5. The van der Waals surface area contributed by atoms with Crippen LogP contribution in [0.5, 0.6) is 0 Å². The van der Waals surface area contributed by atoms with Crippen LogP contribution in [0.15, 0.2) is 0 Å². The van der Waals surface area contributed by atoms with Gasteiger partial charge in [-0.05, 0) is 13.3 Å². The minimum absolute atomic E-state index is 0.182. The third-order valence-electron chi connectivity index (χ3n) is 1.32. The Bertz CT molecular complexity index is 226. The number of ketones is 1. The van der Waals surface area contributed by atoms with Crippen molar-refractivity contribution < 1.29 is 4.79 Å². The summed E-state index contributed by atoms with van der Waals surface area (Å²) in [7, 11) is 0. The summed E-state index contributed by atoms with van der Waals surface area (Å²) in [4.78, 5) is 10.5. The van der Waals surface area contributed by atoms with Crippen LogP contribution in [0.3, 0.4) is 0 Å². The molecule has 0 aromatic heterocycles. The minimum Gasteiger partial charge on any atom is -0.300 e. The van der Waals surface area contributed by atoms with E-state index >= 15 is 0 Å². The first-order chi connectivity index (χ1) is 5.77. The lowest BCUT2D eigenvalue weighted by atomic mass is 10.2. The summed E-state index contributed by atoms with van der Waals surface area (Å²) in [6.07, 6.45) is 3.38. The number of hydrogen-bond acceptors (Lipinski definition) is 2. The zero-order chi connectivity index (χ0) is 9.23. The molecule has 0 aromatic rings. The van der Waals surface area contributed by atoms with Gasteiger partial charge in [0.2, 0.25) is 0 Å². The van der Waals surface area contributed by atoms with E-state index in [1.165, 1.54) is 0 Å². The van der Waals surface area contributed by atoms with Gasteiger partial charge in [0.25, 0.3) is 0 Å². The molecule has 0 atom stereocenters. The third-order valence-corrected chi connectivity index (χ3v) is 1.32. The lowest BCUT2D eigenvalue weighted by molar-refractivity contribution is -0.116. The van der Waals surface area contributed by atoms with Gasteiger partial charge in [0.15, 0.2) is 0 Å². The van der Waals surface area contributed by atoms with E-state index < -0.39 is 0 Å². The monoisotopic (exact) mass is 163 g/mol. The number of nitriles is 1. The molecule has 2 heteroatoms. The van der Waals surface area contributed by atoms with Gasteiger partial charge < -0.3 is 0 Å². The Balaban J connectivity index is 3.24. The first-order valence-corrected chi connectivity index (χ1v) is 4.09. The largest absolute Gasteiger partial charge is 0.300 e. The smallest absolute Gasteiger partial charge is 0.130 e. The Morgan fingerprint density at radius 2 is 1.92 bits per heavy atom. The topological polar surface area (TPSA) is 40.9 Å². The summed E-state index contributed by atoms with van der Waals surface area (Å²) in [6.45, 7) is 1.57. The van der Waals surface area contributed by atoms with Crippen LogP contribution in [0.1, 0.15) is 39.0 Å². The summed E-state index contributed by atoms with van der Waals surface area (Å²) in [5, 5.41) is 8.20. The average molecular weight is 163 g/mol. The van der Waals surface area contributed by atoms with Gasteiger partial charge in [0, 0.05) is 25.7 Å². The van der Waals surface area contributed by atoms with Gasteiger partial charge in [-0.15, -0.1) is 11.8 Å². The molecule has 64 valence electrons. The van der Waals surface area contributed by atoms with E-state index in [4.69, 9.17) is 5.26 Å². The SMILES string of the molecule is CC(=O)CCC#CCCCC#N. The maximum Gasteiger partial charge on any atom is 0.130 e. The summed E-state index contributed by atoms with van der Waals surface area (Å²) in [5.74, 6) is 6.00. The molecule has 0 spiro atoms. The van der Waals surface area contributed by atoms with E-state index in [1.54, 1.807) is 6.92 Å². The van der Waals surface area contributed by atoms with Crippen LogP contribution in [0, 0.1) is 23.2 Å². The predicted octanol–water partition coefficient (Wildman–Crippen LogP) is 2.05. The number of unbranched alkanes of at least 4 members (excludes halogenated alkanes) is 2. The quantitative estimate of drug-likeness (QED) is 0.470. The maximum atomic E-state index is 10.5. The van der Waals surface area contributed by atoms with Gasteiger partial charge in [-0.3, -0.25) is 4.79 Å². The fraction of sp³-hybridized carbons (Fsp3) is 0.600. The van der Waals surface area contributed by atoms with Crippen molar-refractivity contribution in [3.05, 3.63) is 0 Å². The first kappa shape index (κ1) is 10.7. The summed E-state index contributed by atoms with van der Waals surface area (Å²) < 4.78 is 0. The molecule has 0 rings (SSSR count). The molecule has 0 fully saturated rings. The molecule has 0 aliphatic rings. The van der Waals surface area contributed by atoms with E-state index in [1.807, 2.05) is 0 Å². The van der Waals surface area contributed by atoms with Crippen molar-refractivity contribution in [3.8, 4) is 17.9 Å². The highest BCUT2D eigenvalue weighted by Gasteiger charge is 1.87. The number of Topliss-reactive ketones (excluding diaryl/α,β-unsaturated/α-hetero) is 1. The second-order valence-corrected chi connectivity index (χ2v) is 2.57. The van der Waals surface area contributed by atoms with Crippen LogP contribution in [-0.4, -0.2) is 5.78 Å². The zero-order valence-corrected chi connectivity index (χ0v) is 7.39. The fourth-order valence-electron chi connectivity index (χ4n) is 0.671. The molecule has 0 N–H and O–H groups in total. The zero-order valence-electron chi connectivity index (χ0n) is 7.39. The standard InChI is InChI=1S/C10H13NO/c1-10(12)8-6-4-2-3-5-7-9-11/h3,5-8H2,1H3. The number of hydrogen-bond donors (Lipinski definition) is 0. The summed E-state index contributed by atoms with van der Waals surface area (Å²) in [5.41, 5.74) is 0. The average Bonchev–Trinajstić information content (AvgIpc) is 2.02. The molecule has 0 aromatic carbocycles. The summed E-state index contributed by atoms with van der Waals surface area (Å²) >= 11 is 0.